The van der Waals surface area contributed by atoms with Gasteiger partial charge in [-0.1, -0.05) is 18.2 Å². The number of nitrogens with zero attached hydrogens (tertiary/aromatic N) is 1. The number of guanidine groups is 1. The van der Waals surface area contributed by atoms with E-state index in [9.17, 15) is 9.18 Å². The first-order valence-corrected chi connectivity index (χ1v) is 9.18. The van der Waals surface area contributed by atoms with Gasteiger partial charge in [-0.15, -0.1) is 0 Å². The SMILES string of the molecule is CCOc1cccc(-c2ccc3c(c2)C2(CC(C)(C)O3)N=C(N)NC2=O)c1F. The molecule has 146 valence electrons. The van der Waals surface area contributed by atoms with Gasteiger partial charge < -0.3 is 15.2 Å². The standard InChI is InChI=1S/C21H22FN3O3/c1-4-27-16-7-5-6-13(17(16)22)12-8-9-15-14(10-12)21(11-20(2,3)28-15)18(26)24-19(23)25-21/h5-10H,4,11H2,1-3H3,(H3,23,24,25,26). The summed E-state index contributed by atoms with van der Waals surface area (Å²) < 4.78 is 26.4. The van der Waals surface area contributed by atoms with Gasteiger partial charge in [-0.25, -0.2) is 9.38 Å². The van der Waals surface area contributed by atoms with Crippen LogP contribution in [0.25, 0.3) is 11.1 Å². The summed E-state index contributed by atoms with van der Waals surface area (Å²) in [6.07, 6.45) is 0.324. The molecule has 7 heteroatoms. The minimum atomic E-state index is -1.19. The second kappa shape index (κ2) is 6.22. The Labute approximate surface area is 162 Å². The van der Waals surface area contributed by atoms with Gasteiger partial charge >= 0.3 is 0 Å². The Kier molecular flexibility index (Phi) is 4.06. The number of carbonyl (C=O) groups is 1. The molecule has 0 saturated heterocycles. The van der Waals surface area contributed by atoms with Crippen LogP contribution >= 0.6 is 0 Å². The van der Waals surface area contributed by atoms with Crippen LogP contribution in [0.3, 0.4) is 0 Å². The highest BCUT2D eigenvalue weighted by Crippen LogP contribution is 2.48. The van der Waals surface area contributed by atoms with Crippen molar-refractivity contribution in [1.82, 2.24) is 5.32 Å². The smallest absolute Gasteiger partial charge is 0.259 e. The molecule has 28 heavy (non-hydrogen) atoms. The number of carbonyl (C=O) groups excluding carboxylic acids is 1. The average Bonchev–Trinajstić information content (AvgIpc) is 2.89. The molecule has 2 heterocycles. The first kappa shape index (κ1) is 18.3. The van der Waals surface area contributed by atoms with Crippen LogP contribution in [0.1, 0.15) is 32.8 Å². The molecule has 0 saturated carbocycles. The maximum atomic E-state index is 14.9. The molecule has 1 amide bonds. The number of nitrogens with one attached hydrogen (secondary N) is 1. The van der Waals surface area contributed by atoms with E-state index in [0.29, 0.717) is 35.5 Å². The average molecular weight is 383 g/mol. The normalized spacial score (nSPS) is 22.3. The van der Waals surface area contributed by atoms with E-state index >= 15 is 0 Å². The third kappa shape index (κ3) is 2.78. The van der Waals surface area contributed by atoms with Gasteiger partial charge in [0.25, 0.3) is 5.91 Å². The summed E-state index contributed by atoms with van der Waals surface area (Å²) in [5, 5.41) is 2.59. The van der Waals surface area contributed by atoms with Gasteiger partial charge in [0.05, 0.1) is 6.61 Å². The molecule has 1 atom stereocenters. The fourth-order valence-electron chi connectivity index (χ4n) is 3.96. The molecule has 0 fully saturated rings. The second-order valence-corrected chi connectivity index (χ2v) is 7.61. The van der Waals surface area contributed by atoms with Crippen LogP contribution in [-0.4, -0.2) is 24.1 Å². The zero-order valence-corrected chi connectivity index (χ0v) is 16.0. The Morgan fingerprint density at radius 3 is 2.79 bits per heavy atom. The van der Waals surface area contributed by atoms with Crippen molar-refractivity contribution in [3.63, 3.8) is 0 Å². The highest BCUT2D eigenvalue weighted by atomic mass is 19.1. The first-order chi connectivity index (χ1) is 13.3. The van der Waals surface area contributed by atoms with E-state index in [0.717, 1.165) is 0 Å². The molecule has 0 aliphatic carbocycles. The van der Waals surface area contributed by atoms with Crippen LogP contribution < -0.4 is 20.5 Å². The molecule has 3 N–H and O–H groups in total. The van der Waals surface area contributed by atoms with Gasteiger partial charge in [-0.3, -0.25) is 10.1 Å². The van der Waals surface area contributed by atoms with Gasteiger partial charge in [0.15, 0.2) is 23.1 Å². The number of halogens is 1. The molecular weight excluding hydrogens is 361 g/mol. The predicted octanol–water partition coefficient (Wildman–Crippen LogP) is 3.09. The molecule has 4 rings (SSSR count). The number of aliphatic imine (C=N–C) groups is 1. The Bertz CT molecular complexity index is 1000. The minimum Gasteiger partial charge on any atom is -0.491 e. The molecule has 0 bridgehead atoms. The van der Waals surface area contributed by atoms with Crippen LogP contribution in [0.4, 0.5) is 4.39 Å². The molecule has 6 nitrogen and oxygen atoms in total. The topological polar surface area (TPSA) is 85.9 Å². The number of hydrogen-bond acceptors (Lipinski definition) is 5. The summed E-state index contributed by atoms with van der Waals surface area (Å²) in [4.78, 5) is 17.2. The van der Waals surface area contributed by atoms with Crippen molar-refractivity contribution in [3.05, 3.63) is 47.8 Å². The zero-order chi connectivity index (χ0) is 20.1. The number of benzene rings is 2. The monoisotopic (exact) mass is 383 g/mol. The molecule has 2 aromatic carbocycles. The highest BCUT2D eigenvalue weighted by molar-refractivity contribution is 6.07. The van der Waals surface area contributed by atoms with Gasteiger partial charge in [0, 0.05) is 17.5 Å². The van der Waals surface area contributed by atoms with E-state index in [2.05, 4.69) is 10.3 Å². The van der Waals surface area contributed by atoms with Crippen molar-refractivity contribution in [2.75, 3.05) is 6.61 Å². The lowest BCUT2D eigenvalue weighted by molar-refractivity contribution is -0.127. The lowest BCUT2D eigenvalue weighted by Gasteiger charge is -2.41. The summed E-state index contributed by atoms with van der Waals surface area (Å²) in [5.41, 5.74) is 5.56. The third-order valence-corrected chi connectivity index (χ3v) is 5.00. The summed E-state index contributed by atoms with van der Waals surface area (Å²) in [5.74, 6) is 0.0434. The maximum Gasteiger partial charge on any atom is 0.259 e. The van der Waals surface area contributed by atoms with Crippen LogP contribution in [0, 0.1) is 5.82 Å². The first-order valence-electron chi connectivity index (χ1n) is 9.18. The summed E-state index contributed by atoms with van der Waals surface area (Å²) >= 11 is 0. The van der Waals surface area contributed by atoms with Crippen LogP contribution in [-0.2, 0) is 10.3 Å². The summed E-state index contributed by atoms with van der Waals surface area (Å²) in [6, 6.07) is 10.3. The van der Waals surface area contributed by atoms with Gasteiger partial charge in [0.2, 0.25) is 0 Å². The van der Waals surface area contributed by atoms with Crippen molar-refractivity contribution in [2.24, 2.45) is 10.7 Å². The van der Waals surface area contributed by atoms with Crippen molar-refractivity contribution in [2.45, 2.75) is 38.3 Å². The van der Waals surface area contributed by atoms with Crippen molar-refractivity contribution in [1.29, 1.82) is 0 Å². The summed E-state index contributed by atoms with van der Waals surface area (Å²) in [7, 11) is 0. The maximum absolute atomic E-state index is 14.9. The number of ether oxygens (including phenoxy) is 2. The lowest BCUT2D eigenvalue weighted by Crippen LogP contribution is -2.48. The molecule has 0 aromatic heterocycles. The lowest BCUT2D eigenvalue weighted by atomic mass is 9.77. The molecule has 1 unspecified atom stereocenters. The van der Waals surface area contributed by atoms with Crippen molar-refractivity contribution < 1.29 is 18.7 Å². The minimum absolute atomic E-state index is 0.0728. The Hall–Kier alpha value is -3.09. The number of rotatable bonds is 3. The Balaban J connectivity index is 1.89. The fraction of sp³-hybridized carbons (Fsp3) is 0.333. The molecule has 2 aliphatic heterocycles. The highest BCUT2D eigenvalue weighted by Gasteiger charge is 2.53. The molecular formula is C21H22FN3O3. The molecule has 2 aromatic rings. The van der Waals surface area contributed by atoms with E-state index in [1.165, 1.54) is 0 Å². The molecule has 1 spiro atoms. The quantitative estimate of drug-likeness (QED) is 0.853. The zero-order valence-electron chi connectivity index (χ0n) is 16.0. The van der Waals surface area contributed by atoms with E-state index in [-0.39, 0.29) is 17.6 Å². The number of hydrogen-bond donors (Lipinski definition) is 2. The largest absolute Gasteiger partial charge is 0.491 e. The summed E-state index contributed by atoms with van der Waals surface area (Å²) in [6.45, 7) is 5.96. The van der Waals surface area contributed by atoms with Crippen molar-refractivity contribution in [3.8, 4) is 22.6 Å². The second-order valence-electron chi connectivity index (χ2n) is 7.61. The fourth-order valence-corrected chi connectivity index (χ4v) is 3.96. The number of nitrogens with two attached hydrogens (primary N) is 1. The van der Waals surface area contributed by atoms with E-state index in [1.807, 2.05) is 13.8 Å². The van der Waals surface area contributed by atoms with Crippen LogP contribution in [0.15, 0.2) is 41.4 Å². The van der Waals surface area contributed by atoms with Gasteiger partial charge in [-0.05, 0) is 44.5 Å². The Morgan fingerprint density at radius 1 is 1.32 bits per heavy atom. The van der Waals surface area contributed by atoms with E-state index < -0.39 is 17.0 Å². The molecule has 2 aliphatic rings. The van der Waals surface area contributed by atoms with Gasteiger partial charge in [-0.2, -0.15) is 0 Å². The van der Waals surface area contributed by atoms with Crippen molar-refractivity contribution >= 4 is 11.9 Å². The van der Waals surface area contributed by atoms with E-state index in [4.69, 9.17) is 15.2 Å². The van der Waals surface area contributed by atoms with Gasteiger partial charge in [0.1, 0.15) is 11.4 Å². The number of fused-ring (bicyclic) bond motifs is 2. The predicted molar refractivity (Wildman–Crippen MR) is 104 cm³/mol. The van der Waals surface area contributed by atoms with Crippen LogP contribution in [0.2, 0.25) is 0 Å². The molecule has 0 radical (unpaired) electrons. The number of amides is 1. The Morgan fingerprint density at radius 2 is 2.11 bits per heavy atom. The van der Waals surface area contributed by atoms with Crippen LogP contribution in [0.5, 0.6) is 11.5 Å². The van der Waals surface area contributed by atoms with E-state index in [1.54, 1.807) is 43.3 Å². The third-order valence-electron chi connectivity index (χ3n) is 5.00.